The number of amides is 1. The molecular formula is C19H39NO2. The van der Waals surface area contributed by atoms with Crippen LogP contribution < -0.4 is 5.32 Å². The lowest BCUT2D eigenvalue weighted by molar-refractivity contribution is 0.194. The van der Waals surface area contributed by atoms with Crippen LogP contribution in [0.2, 0.25) is 0 Å². The van der Waals surface area contributed by atoms with Crippen molar-refractivity contribution in [1.82, 2.24) is 5.32 Å². The number of hydrogen-bond donors (Lipinski definition) is 2. The van der Waals surface area contributed by atoms with Gasteiger partial charge in [-0.1, -0.05) is 103 Å². The van der Waals surface area contributed by atoms with Crippen LogP contribution >= 0.6 is 0 Å². The Hall–Kier alpha value is -0.730. The number of hydrogen-bond acceptors (Lipinski definition) is 1. The summed E-state index contributed by atoms with van der Waals surface area (Å²) in [7, 11) is 0. The molecule has 0 fully saturated rings. The maximum Gasteiger partial charge on any atom is 0.404 e. The first kappa shape index (κ1) is 21.3. The van der Waals surface area contributed by atoms with Crippen LogP contribution in [0.15, 0.2) is 0 Å². The van der Waals surface area contributed by atoms with Crippen LogP contribution in [0.5, 0.6) is 0 Å². The molecule has 0 heterocycles. The highest BCUT2D eigenvalue weighted by molar-refractivity contribution is 5.64. The normalized spacial score (nSPS) is 10.8. The van der Waals surface area contributed by atoms with E-state index in [1.165, 1.54) is 89.9 Å². The fourth-order valence-electron chi connectivity index (χ4n) is 2.87. The average Bonchev–Trinajstić information content (AvgIpc) is 2.50. The quantitative estimate of drug-likeness (QED) is 0.300. The van der Waals surface area contributed by atoms with Crippen molar-refractivity contribution in [2.24, 2.45) is 0 Å². The highest BCUT2D eigenvalue weighted by Gasteiger charge is 1.95. The van der Waals surface area contributed by atoms with Gasteiger partial charge in [-0.3, -0.25) is 0 Å². The van der Waals surface area contributed by atoms with Gasteiger partial charge in [0.2, 0.25) is 0 Å². The third kappa shape index (κ3) is 19.3. The Bertz CT molecular complexity index is 231. The SMILES string of the molecule is CCCCCCCCCCCCCCCCCCNC(=O)O. The molecule has 0 aromatic carbocycles. The lowest BCUT2D eigenvalue weighted by Crippen LogP contribution is -2.21. The van der Waals surface area contributed by atoms with Gasteiger partial charge in [-0.15, -0.1) is 0 Å². The predicted molar refractivity (Wildman–Crippen MR) is 95.6 cm³/mol. The van der Waals surface area contributed by atoms with E-state index in [4.69, 9.17) is 5.11 Å². The molecule has 1 amide bonds. The summed E-state index contributed by atoms with van der Waals surface area (Å²) in [6, 6.07) is 0. The maximum atomic E-state index is 10.2. The van der Waals surface area contributed by atoms with E-state index in [1.807, 2.05) is 0 Å². The van der Waals surface area contributed by atoms with Gasteiger partial charge >= 0.3 is 6.09 Å². The van der Waals surface area contributed by atoms with E-state index >= 15 is 0 Å². The Kier molecular flexibility index (Phi) is 17.7. The fourth-order valence-corrected chi connectivity index (χ4v) is 2.87. The summed E-state index contributed by atoms with van der Waals surface area (Å²) in [5.41, 5.74) is 0. The van der Waals surface area contributed by atoms with E-state index in [9.17, 15) is 4.79 Å². The number of carbonyl (C=O) groups is 1. The Morgan fingerprint density at radius 2 is 0.955 bits per heavy atom. The summed E-state index contributed by atoms with van der Waals surface area (Å²) in [6.45, 7) is 2.88. The largest absolute Gasteiger partial charge is 0.465 e. The lowest BCUT2D eigenvalue weighted by Gasteiger charge is -2.03. The van der Waals surface area contributed by atoms with E-state index in [0.29, 0.717) is 6.54 Å². The van der Waals surface area contributed by atoms with Gasteiger partial charge < -0.3 is 10.4 Å². The van der Waals surface area contributed by atoms with Crippen molar-refractivity contribution in [3.8, 4) is 0 Å². The zero-order chi connectivity index (χ0) is 16.3. The third-order valence-electron chi connectivity index (χ3n) is 4.31. The molecule has 0 aliphatic carbocycles. The molecule has 3 heteroatoms. The minimum absolute atomic E-state index is 0.605. The molecule has 0 spiro atoms. The van der Waals surface area contributed by atoms with Gasteiger partial charge in [-0.2, -0.15) is 0 Å². The van der Waals surface area contributed by atoms with Crippen molar-refractivity contribution < 1.29 is 9.90 Å². The number of rotatable bonds is 17. The molecule has 0 unspecified atom stereocenters. The summed E-state index contributed by atoms with van der Waals surface area (Å²) >= 11 is 0. The molecule has 0 bridgehead atoms. The highest BCUT2D eigenvalue weighted by Crippen LogP contribution is 2.13. The summed E-state index contributed by atoms with van der Waals surface area (Å²) in [5, 5.41) is 10.8. The lowest BCUT2D eigenvalue weighted by atomic mass is 10.0. The zero-order valence-corrected chi connectivity index (χ0v) is 14.9. The molecule has 0 atom stereocenters. The Morgan fingerprint density at radius 3 is 1.27 bits per heavy atom. The van der Waals surface area contributed by atoms with Gasteiger partial charge in [0, 0.05) is 6.54 Å². The van der Waals surface area contributed by atoms with Crippen LogP contribution in [0, 0.1) is 0 Å². The molecule has 22 heavy (non-hydrogen) atoms. The number of carboxylic acid groups (broad SMARTS) is 1. The van der Waals surface area contributed by atoms with E-state index in [-0.39, 0.29) is 0 Å². The van der Waals surface area contributed by atoms with Gasteiger partial charge in [-0.25, -0.2) is 4.79 Å². The molecule has 0 radical (unpaired) electrons. The maximum absolute atomic E-state index is 10.2. The van der Waals surface area contributed by atoms with Crippen molar-refractivity contribution in [3.63, 3.8) is 0 Å². The molecule has 132 valence electrons. The number of unbranched alkanes of at least 4 members (excludes halogenated alkanes) is 15. The summed E-state index contributed by atoms with van der Waals surface area (Å²) < 4.78 is 0. The second-order valence-electron chi connectivity index (χ2n) is 6.54. The van der Waals surface area contributed by atoms with E-state index in [0.717, 1.165) is 12.8 Å². The first-order valence-corrected chi connectivity index (χ1v) is 9.74. The van der Waals surface area contributed by atoms with Gasteiger partial charge in [0.05, 0.1) is 0 Å². The molecule has 0 rings (SSSR count). The van der Waals surface area contributed by atoms with E-state index < -0.39 is 6.09 Å². The first-order valence-electron chi connectivity index (χ1n) is 9.74. The Balaban J connectivity index is 2.95. The Morgan fingerprint density at radius 1 is 0.636 bits per heavy atom. The van der Waals surface area contributed by atoms with Crippen LogP contribution in [0.4, 0.5) is 4.79 Å². The van der Waals surface area contributed by atoms with Gasteiger partial charge in [0.15, 0.2) is 0 Å². The molecule has 0 aliphatic rings. The van der Waals surface area contributed by atoms with Crippen LogP contribution in [0.25, 0.3) is 0 Å². The predicted octanol–water partition coefficient (Wildman–Crippen LogP) is 6.52. The van der Waals surface area contributed by atoms with Crippen LogP contribution in [0.3, 0.4) is 0 Å². The van der Waals surface area contributed by atoms with Gasteiger partial charge in [0.25, 0.3) is 0 Å². The molecule has 0 saturated heterocycles. The first-order chi connectivity index (χ1) is 10.8. The molecular weight excluding hydrogens is 274 g/mol. The van der Waals surface area contributed by atoms with Gasteiger partial charge in [-0.05, 0) is 6.42 Å². The van der Waals surface area contributed by atoms with Crippen LogP contribution in [-0.2, 0) is 0 Å². The molecule has 0 aliphatic heterocycles. The van der Waals surface area contributed by atoms with Crippen molar-refractivity contribution in [2.45, 2.75) is 110 Å². The van der Waals surface area contributed by atoms with E-state index in [2.05, 4.69) is 12.2 Å². The van der Waals surface area contributed by atoms with Gasteiger partial charge in [0.1, 0.15) is 0 Å². The second-order valence-corrected chi connectivity index (χ2v) is 6.54. The standard InChI is InChI=1S/C19H39NO2/c1-2-3-4-5-6-7-8-9-10-11-12-13-14-15-16-17-18-20-19(21)22/h20H,2-18H2,1H3,(H,21,22). The second kappa shape index (κ2) is 18.3. The van der Waals surface area contributed by atoms with Crippen molar-refractivity contribution in [2.75, 3.05) is 6.54 Å². The summed E-state index contributed by atoms with van der Waals surface area (Å²) in [5.74, 6) is 0. The summed E-state index contributed by atoms with van der Waals surface area (Å²) in [4.78, 5) is 10.2. The fraction of sp³-hybridized carbons (Fsp3) is 0.947. The molecule has 0 saturated carbocycles. The monoisotopic (exact) mass is 313 g/mol. The van der Waals surface area contributed by atoms with Crippen molar-refractivity contribution in [1.29, 1.82) is 0 Å². The third-order valence-corrected chi connectivity index (χ3v) is 4.31. The summed E-state index contributed by atoms with van der Waals surface area (Å²) in [6.07, 6.45) is 20.7. The Labute approximate surface area is 138 Å². The smallest absolute Gasteiger partial charge is 0.404 e. The van der Waals surface area contributed by atoms with Crippen LogP contribution in [0.1, 0.15) is 110 Å². The minimum atomic E-state index is -0.902. The molecule has 2 N–H and O–H groups in total. The highest BCUT2D eigenvalue weighted by atomic mass is 16.4. The minimum Gasteiger partial charge on any atom is -0.465 e. The zero-order valence-electron chi connectivity index (χ0n) is 14.9. The van der Waals surface area contributed by atoms with Crippen molar-refractivity contribution >= 4 is 6.09 Å². The number of nitrogens with one attached hydrogen (secondary N) is 1. The molecule has 0 aromatic rings. The van der Waals surface area contributed by atoms with E-state index in [1.54, 1.807) is 0 Å². The average molecular weight is 314 g/mol. The van der Waals surface area contributed by atoms with Crippen molar-refractivity contribution in [3.05, 3.63) is 0 Å². The van der Waals surface area contributed by atoms with Crippen LogP contribution in [-0.4, -0.2) is 17.7 Å². The molecule has 3 nitrogen and oxygen atoms in total. The molecule has 0 aromatic heterocycles. The topological polar surface area (TPSA) is 49.3 Å².